The molecule has 29 heavy (non-hydrogen) atoms. The summed E-state index contributed by atoms with van der Waals surface area (Å²) < 4.78 is 0. The van der Waals surface area contributed by atoms with Crippen LogP contribution in [0.25, 0.3) is 11.1 Å². The van der Waals surface area contributed by atoms with E-state index in [1.807, 2.05) is 25.1 Å². The van der Waals surface area contributed by atoms with Crippen LogP contribution in [0.2, 0.25) is 5.02 Å². The van der Waals surface area contributed by atoms with E-state index in [-0.39, 0.29) is 5.78 Å². The highest BCUT2D eigenvalue weighted by Gasteiger charge is 2.23. The van der Waals surface area contributed by atoms with Crippen molar-refractivity contribution in [3.63, 3.8) is 0 Å². The van der Waals surface area contributed by atoms with Gasteiger partial charge < -0.3 is 0 Å². The number of hydrogen-bond donors (Lipinski definition) is 0. The smallest absolute Gasteiger partial charge is 0.162 e. The van der Waals surface area contributed by atoms with E-state index in [9.17, 15) is 4.79 Å². The van der Waals surface area contributed by atoms with Crippen molar-refractivity contribution in [2.45, 2.75) is 40.0 Å². The van der Waals surface area contributed by atoms with Crippen molar-refractivity contribution in [3.8, 4) is 0 Å². The third kappa shape index (κ3) is 3.80. The van der Waals surface area contributed by atoms with Gasteiger partial charge in [-0.3, -0.25) is 4.79 Å². The number of halogens is 1. The minimum absolute atomic E-state index is 0.202. The van der Waals surface area contributed by atoms with E-state index < -0.39 is 0 Å². The Morgan fingerprint density at radius 1 is 0.897 bits per heavy atom. The van der Waals surface area contributed by atoms with Crippen LogP contribution in [0.5, 0.6) is 0 Å². The van der Waals surface area contributed by atoms with Gasteiger partial charge in [-0.1, -0.05) is 66.6 Å². The maximum atomic E-state index is 12.2. The van der Waals surface area contributed by atoms with Crippen LogP contribution in [-0.4, -0.2) is 5.78 Å². The Morgan fingerprint density at radius 2 is 1.62 bits per heavy atom. The van der Waals surface area contributed by atoms with Crippen LogP contribution in [0.15, 0.2) is 60.7 Å². The van der Waals surface area contributed by atoms with Crippen LogP contribution in [0.4, 0.5) is 0 Å². The number of fused-ring (bicyclic) bond motifs is 1. The van der Waals surface area contributed by atoms with Crippen molar-refractivity contribution in [2.75, 3.05) is 0 Å². The molecular weight excluding hydrogens is 376 g/mol. The van der Waals surface area contributed by atoms with Gasteiger partial charge in [-0.2, -0.15) is 0 Å². The monoisotopic (exact) mass is 400 g/mol. The molecule has 4 rings (SSSR count). The zero-order valence-corrected chi connectivity index (χ0v) is 17.9. The van der Waals surface area contributed by atoms with Crippen LogP contribution < -0.4 is 0 Å². The Bertz CT molecular complexity index is 1120. The molecule has 0 saturated heterocycles. The fourth-order valence-electron chi connectivity index (χ4n) is 4.25. The number of carbonyl (C=O) groups excluding carboxylic acids is 1. The van der Waals surface area contributed by atoms with Gasteiger partial charge in [0, 0.05) is 17.0 Å². The Kier molecular flexibility index (Phi) is 5.43. The van der Waals surface area contributed by atoms with E-state index in [1.165, 1.54) is 44.5 Å². The topological polar surface area (TPSA) is 17.1 Å². The number of allylic oxidation sites excluding steroid dienone is 1. The average molecular weight is 401 g/mol. The number of rotatable bonds is 4. The van der Waals surface area contributed by atoms with Crippen molar-refractivity contribution in [1.29, 1.82) is 0 Å². The summed E-state index contributed by atoms with van der Waals surface area (Å²) in [6, 6.07) is 21.1. The number of aryl methyl sites for hydroxylation is 3. The van der Waals surface area contributed by atoms with E-state index in [1.54, 1.807) is 0 Å². The molecule has 0 fully saturated rings. The molecule has 0 saturated carbocycles. The molecule has 0 spiro atoms. The van der Waals surface area contributed by atoms with Crippen LogP contribution in [-0.2, 0) is 6.42 Å². The lowest BCUT2D eigenvalue weighted by molar-refractivity contribution is 0.0988. The highest BCUT2D eigenvalue weighted by Crippen LogP contribution is 2.42. The second kappa shape index (κ2) is 8.00. The predicted octanol–water partition coefficient (Wildman–Crippen LogP) is 7.45. The third-order valence-corrected chi connectivity index (χ3v) is 6.05. The largest absolute Gasteiger partial charge is 0.294 e. The molecular formula is C27H25ClO. The highest BCUT2D eigenvalue weighted by molar-refractivity contribution is 6.30. The zero-order valence-electron chi connectivity index (χ0n) is 17.2. The molecule has 0 radical (unpaired) electrons. The van der Waals surface area contributed by atoms with Crippen molar-refractivity contribution in [1.82, 2.24) is 0 Å². The van der Waals surface area contributed by atoms with E-state index in [0.29, 0.717) is 6.42 Å². The summed E-state index contributed by atoms with van der Waals surface area (Å²) in [6.45, 7) is 6.15. The van der Waals surface area contributed by atoms with Crippen LogP contribution in [0, 0.1) is 13.8 Å². The lowest BCUT2D eigenvalue weighted by Gasteiger charge is -2.26. The van der Waals surface area contributed by atoms with Gasteiger partial charge >= 0.3 is 0 Å². The zero-order chi connectivity index (χ0) is 20.5. The standard InChI is InChI=1S/C27H25ClO/c1-4-26(29)21-10-12-24-20(16-21)9-13-25(23-14-11-22(28)15-18(23)3)27(24)19-7-5-17(2)6-8-19/h5-8,10-12,14-16H,4,9,13H2,1-3H3. The van der Waals surface area contributed by atoms with Crippen molar-refractivity contribution < 1.29 is 4.79 Å². The molecule has 0 aliphatic heterocycles. The Labute approximate surface area is 178 Å². The summed E-state index contributed by atoms with van der Waals surface area (Å²) in [5, 5.41) is 0.766. The minimum atomic E-state index is 0.202. The van der Waals surface area contributed by atoms with Crippen LogP contribution in [0.3, 0.4) is 0 Å². The first-order chi connectivity index (χ1) is 14.0. The Morgan fingerprint density at radius 3 is 2.31 bits per heavy atom. The lowest BCUT2D eigenvalue weighted by atomic mass is 9.78. The van der Waals surface area contributed by atoms with E-state index in [4.69, 9.17) is 11.6 Å². The normalized spacial score (nSPS) is 13.4. The molecule has 0 aromatic heterocycles. The fourth-order valence-corrected chi connectivity index (χ4v) is 4.48. The maximum absolute atomic E-state index is 12.2. The van der Waals surface area contributed by atoms with E-state index in [0.717, 1.165) is 23.4 Å². The first-order valence-electron chi connectivity index (χ1n) is 10.2. The molecule has 0 heterocycles. The lowest BCUT2D eigenvalue weighted by Crippen LogP contribution is -2.09. The second-order valence-electron chi connectivity index (χ2n) is 7.83. The first-order valence-corrected chi connectivity index (χ1v) is 10.6. The van der Waals surface area contributed by atoms with Gasteiger partial charge in [0.1, 0.15) is 0 Å². The molecule has 1 nitrogen and oxygen atoms in total. The van der Waals surface area contributed by atoms with Crippen molar-refractivity contribution in [2.24, 2.45) is 0 Å². The molecule has 1 aliphatic rings. The number of carbonyl (C=O) groups is 1. The molecule has 146 valence electrons. The van der Waals surface area contributed by atoms with Gasteiger partial charge in [0.25, 0.3) is 0 Å². The Hall–Kier alpha value is -2.64. The Balaban J connectivity index is 1.96. The van der Waals surface area contributed by atoms with Gasteiger partial charge in [-0.05, 0) is 83.9 Å². The van der Waals surface area contributed by atoms with E-state index in [2.05, 4.69) is 56.3 Å². The molecule has 0 atom stereocenters. The number of Topliss-reactive ketones (excluding diaryl/α,β-unsaturated/α-hetero) is 1. The molecule has 0 amide bonds. The summed E-state index contributed by atoms with van der Waals surface area (Å²) in [6.07, 6.45) is 2.42. The molecule has 0 N–H and O–H groups in total. The summed E-state index contributed by atoms with van der Waals surface area (Å²) in [5.41, 5.74) is 10.8. The van der Waals surface area contributed by atoms with Gasteiger partial charge in [0.05, 0.1) is 0 Å². The predicted molar refractivity (Wildman–Crippen MR) is 123 cm³/mol. The second-order valence-corrected chi connectivity index (χ2v) is 8.26. The maximum Gasteiger partial charge on any atom is 0.162 e. The van der Waals surface area contributed by atoms with Crippen molar-refractivity contribution >= 4 is 28.5 Å². The van der Waals surface area contributed by atoms with E-state index >= 15 is 0 Å². The first kappa shape index (κ1) is 19.7. The minimum Gasteiger partial charge on any atom is -0.294 e. The third-order valence-electron chi connectivity index (χ3n) is 5.82. The molecule has 3 aromatic rings. The molecule has 0 bridgehead atoms. The summed E-state index contributed by atoms with van der Waals surface area (Å²) in [5.74, 6) is 0.202. The number of benzene rings is 3. The van der Waals surface area contributed by atoms with Crippen molar-refractivity contribution in [3.05, 3.63) is 105 Å². The number of ketones is 1. The summed E-state index contributed by atoms with van der Waals surface area (Å²) in [7, 11) is 0. The van der Waals surface area contributed by atoms with Crippen LogP contribution >= 0.6 is 11.6 Å². The van der Waals surface area contributed by atoms with Gasteiger partial charge in [-0.15, -0.1) is 0 Å². The fraction of sp³-hybridized carbons (Fsp3) is 0.222. The molecule has 0 unspecified atom stereocenters. The summed E-state index contributed by atoms with van der Waals surface area (Å²) in [4.78, 5) is 12.2. The average Bonchev–Trinajstić information content (AvgIpc) is 2.73. The number of hydrogen-bond acceptors (Lipinski definition) is 1. The molecule has 1 aliphatic carbocycles. The van der Waals surface area contributed by atoms with Gasteiger partial charge in [-0.25, -0.2) is 0 Å². The SMILES string of the molecule is CCC(=O)c1ccc2c(c1)CCC(c1ccc(Cl)cc1C)=C2c1ccc(C)cc1. The highest BCUT2D eigenvalue weighted by atomic mass is 35.5. The molecule has 3 aromatic carbocycles. The van der Waals surface area contributed by atoms with Crippen LogP contribution in [0.1, 0.15) is 63.5 Å². The molecule has 2 heteroatoms. The summed E-state index contributed by atoms with van der Waals surface area (Å²) >= 11 is 6.22. The van der Waals surface area contributed by atoms with Gasteiger partial charge in [0.15, 0.2) is 5.78 Å². The van der Waals surface area contributed by atoms with Gasteiger partial charge in [0.2, 0.25) is 0 Å². The quantitative estimate of drug-likeness (QED) is 0.415.